The van der Waals surface area contributed by atoms with Gasteiger partial charge in [-0.25, -0.2) is 14.6 Å². The van der Waals surface area contributed by atoms with Crippen LogP contribution in [-0.4, -0.2) is 63.2 Å². The molecule has 1 aliphatic rings. The van der Waals surface area contributed by atoms with Crippen molar-refractivity contribution in [3.8, 4) is 5.95 Å². The quantitative estimate of drug-likeness (QED) is 0.448. The van der Waals surface area contributed by atoms with Gasteiger partial charge in [0.2, 0.25) is 0 Å². The molecule has 0 aliphatic carbocycles. The standard InChI is InChI=1S/C23H26Cl2N6O.ClH/c1-15-12-16(2)28-23(27-15)31-17(3)19(14-26-31)22(32)6-7-29-8-10-30(11-9-29)21-13-18(24)4-5-20(21)25;/h4-5,12-14H,6-11H2,1-3H3;1H. The summed E-state index contributed by atoms with van der Waals surface area (Å²) >= 11 is 12.5. The van der Waals surface area contributed by atoms with Crippen molar-refractivity contribution in [1.82, 2.24) is 24.6 Å². The van der Waals surface area contributed by atoms with Crippen LogP contribution in [0.4, 0.5) is 5.69 Å². The second kappa shape index (κ2) is 10.8. The molecular weight excluding hydrogens is 483 g/mol. The fraction of sp³-hybridized carbons (Fsp3) is 0.391. The highest BCUT2D eigenvalue weighted by molar-refractivity contribution is 6.35. The lowest BCUT2D eigenvalue weighted by atomic mass is 10.1. The smallest absolute Gasteiger partial charge is 0.251 e. The first-order chi connectivity index (χ1) is 15.3. The number of halogens is 3. The Morgan fingerprint density at radius 3 is 2.33 bits per heavy atom. The number of benzene rings is 1. The highest BCUT2D eigenvalue weighted by Crippen LogP contribution is 2.29. The van der Waals surface area contributed by atoms with Gasteiger partial charge in [0, 0.05) is 55.6 Å². The van der Waals surface area contributed by atoms with Crippen LogP contribution in [0.15, 0.2) is 30.5 Å². The summed E-state index contributed by atoms with van der Waals surface area (Å²) in [6, 6.07) is 7.44. The maximum Gasteiger partial charge on any atom is 0.251 e. The molecule has 1 aromatic carbocycles. The molecule has 0 unspecified atom stereocenters. The summed E-state index contributed by atoms with van der Waals surface area (Å²) in [7, 11) is 0. The lowest BCUT2D eigenvalue weighted by Crippen LogP contribution is -2.47. The number of anilines is 1. The number of aromatic nitrogens is 4. The molecule has 4 rings (SSSR count). The SMILES string of the molecule is Cc1cc(C)nc(-n2ncc(C(=O)CCN3CCN(c4cc(Cl)ccc4Cl)CC3)c2C)n1.Cl. The van der Waals surface area contributed by atoms with Crippen molar-refractivity contribution in [2.45, 2.75) is 27.2 Å². The van der Waals surface area contributed by atoms with Crippen LogP contribution in [0.5, 0.6) is 0 Å². The van der Waals surface area contributed by atoms with E-state index in [0.29, 0.717) is 34.5 Å². The number of ketones is 1. The van der Waals surface area contributed by atoms with Crippen molar-refractivity contribution in [1.29, 1.82) is 0 Å². The number of hydrogen-bond acceptors (Lipinski definition) is 6. The van der Waals surface area contributed by atoms with Gasteiger partial charge in [-0.3, -0.25) is 9.69 Å². The maximum atomic E-state index is 12.9. The Balaban J connectivity index is 0.00000306. The molecular formula is C23H27Cl3N6O. The number of nitrogens with zero attached hydrogens (tertiary/aromatic N) is 6. The van der Waals surface area contributed by atoms with Crippen LogP contribution in [0.3, 0.4) is 0 Å². The zero-order valence-corrected chi connectivity index (χ0v) is 21.2. The molecule has 33 heavy (non-hydrogen) atoms. The van der Waals surface area contributed by atoms with Crippen molar-refractivity contribution in [2.75, 3.05) is 37.6 Å². The van der Waals surface area contributed by atoms with E-state index in [1.165, 1.54) is 0 Å². The van der Waals surface area contributed by atoms with Crippen molar-refractivity contribution < 1.29 is 4.79 Å². The van der Waals surface area contributed by atoms with Gasteiger partial charge in [-0.05, 0) is 45.0 Å². The van der Waals surface area contributed by atoms with Gasteiger partial charge in [0.25, 0.3) is 5.95 Å². The Morgan fingerprint density at radius 2 is 1.67 bits per heavy atom. The van der Waals surface area contributed by atoms with Crippen LogP contribution in [-0.2, 0) is 0 Å². The van der Waals surface area contributed by atoms with E-state index >= 15 is 0 Å². The molecule has 7 nitrogen and oxygen atoms in total. The predicted octanol–water partition coefficient (Wildman–Crippen LogP) is 4.71. The fourth-order valence-electron chi connectivity index (χ4n) is 4.02. The molecule has 3 aromatic rings. The van der Waals surface area contributed by atoms with E-state index in [9.17, 15) is 4.79 Å². The summed E-state index contributed by atoms with van der Waals surface area (Å²) in [4.78, 5) is 26.3. The molecule has 0 atom stereocenters. The Labute approximate surface area is 210 Å². The van der Waals surface area contributed by atoms with Crippen LogP contribution >= 0.6 is 35.6 Å². The lowest BCUT2D eigenvalue weighted by molar-refractivity contribution is 0.0962. The second-order valence-corrected chi connectivity index (χ2v) is 8.95. The molecule has 1 fully saturated rings. The largest absolute Gasteiger partial charge is 0.368 e. The summed E-state index contributed by atoms with van der Waals surface area (Å²) in [5, 5.41) is 5.76. The highest BCUT2D eigenvalue weighted by Gasteiger charge is 2.21. The van der Waals surface area contributed by atoms with Gasteiger partial charge < -0.3 is 4.90 Å². The number of Topliss-reactive ketones (excluding diaryl/α,β-unsaturated/α-hetero) is 1. The van der Waals surface area contributed by atoms with E-state index in [0.717, 1.165) is 48.9 Å². The van der Waals surface area contributed by atoms with Gasteiger partial charge in [-0.15, -0.1) is 12.4 Å². The normalized spacial score (nSPS) is 14.3. The Bertz CT molecular complexity index is 1120. The average molecular weight is 510 g/mol. The summed E-state index contributed by atoms with van der Waals surface area (Å²) < 4.78 is 1.64. The summed E-state index contributed by atoms with van der Waals surface area (Å²) in [6.45, 7) is 9.85. The van der Waals surface area contributed by atoms with E-state index in [1.807, 2.05) is 39.0 Å². The molecule has 0 spiro atoms. The van der Waals surface area contributed by atoms with Gasteiger partial charge in [0.1, 0.15) is 0 Å². The zero-order valence-electron chi connectivity index (χ0n) is 18.9. The molecule has 0 bridgehead atoms. The van der Waals surface area contributed by atoms with Crippen LogP contribution < -0.4 is 4.90 Å². The molecule has 0 amide bonds. The predicted molar refractivity (Wildman–Crippen MR) is 135 cm³/mol. The molecule has 10 heteroatoms. The Morgan fingerprint density at radius 1 is 1.00 bits per heavy atom. The summed E-state index contributed by atoms with van der Waals surface area (Å²) in [5.41, 5.74) is 4.09. The van der Waals surface area contributed by atoms with Gasteiger partial charge >= 0.3 is 0 Å². The number of carbonyl (C=O) groups is 1. The maximum absolute atomic E-state index is 12.9. The minimum atomic E-state index is 0. The van der Waals surface area contributed by atoms with Gasteiger partial charge in [-0.2, -0.15) is 5.10 Å². The third-order valence-electron chi connectivity index (χ3n) is 5.75. The molecule has 0 saturated carbocycles. The number of carbonyl (C=O) groups excluding carboxylic acids is 1. The zero-order chi connectivity index (χ0) is 22.8. The fourth-order valence-corrected chi connectivity index (χ4v) is 4.43. The topological polar surface area (TPSA) is 67.2 Å². The van der Waals surface area contributed by atoms with Crippen molar-refractivity contribution in [3.63, 3.8) is 0 Å². The van der Waals surface area contributed by atoms with Crippen LogP contribution in [0.25, 0.3) is 5.95 Å². The van der Waals surface area contributed by atoms with E-state index in [4.69, 9.17) is 23.2 Å². The monoisotopic (exact) mass is 508 g/mol. The van der Waals surface area contributed by atoms with Crippen molar-refractivity contribution >= 4 is 47.1 Å². The number of hydrogen-bond donors (Lipinski definition) is 0. The Kier molecular flexibility index (Phi) is 8.34. The highest BCUT2D eigenvalue weighted by atomic mass is 35.5. The summed E-state index contributed by atoms with van der Waals surface area (Å²) in [6.07, 6.45) is 2.07. The van der Waals surface area contributed by atoms with E-state index < -0.39 is 0 Å². The molecule has 0 radical (unpaired) electrons. The minimum absolute atomic E-state index is 0. The Hall–Kier alpha value is -2.19. The van der Waals surface area contributed by atoms with Crippen molar-refractivity contribution in [3.05, 3.63) is 63.2 Å². The van der Waals surface area contributed by atoms with Crippen LogP contribution in [0, 0.1) is 20.8 Å². The van der Waals surface area contributed by atoms with Crippen LogP contribution in [0.2, 0.25) is 10.0 Å². The third kappa shape index (κ3) is 5.84. The molecule has 176 valence electrons. The van der Waals surface area contributed by atoms with E-state index in [2.05, 4.69) is 24.9 Å². The first kappa shape index (κ1) is 25.4. The van der Waals surface area contributed by atoms with Crippen molar-refractivity contribution in [2.24, 2.45) is 0 Å². The number of rotatable bonds is 6. The number of aryl methyl sites for hydroxylation is 2. The second-order valence-electron chi connectivity index (χ2n) is 8.10. The molecule has 2 aromatic heterocycles. The lowest BCUT2D eigenvalue weighted by Gasteiger charge is -2.36. The number of piperazine rings is 1. The van der Waals surface area contributed by atoms with Gasteiger partial charge in [0.05, 0.1) is 28.2 Å². The third-order valence-corrected chi connectivity index (χ3v) is 6.30. The first-order valence-electron chi connectivity index (χ1n) is 10.6. The summed E-state index contributed by atoms with van der Waals surface area (Å²) in [5.74, 6) is 0.577. The van der Waals surface area contributed by atoms with E-state index in [1.54, 1.807) is 16.9 Å². The van der Waals surface area contributed by atoms with E-state index in [-0.39, 0.29) is 18.2 Å². The average Bonchev–Trinajstić information content (AvgIpc) is 3.15. The van der Waals surface area contributed by atoms with Gasteiger partial charge in [0.15, 0.2) is 5.78 Å². The minimum Gasteiger partial charge on any atom is -0.368 e. The van der Waals surface area contributed by atoms with Crippen LogP contribution in [0.1, 0.15) is 33.9 Å². The molecule has 0 N–H and O–H groups in total. The molecule has 3 heterocycles. The molecule has 1 aliphatic heterocycles. The molecule has 1 saturated heterocycles. The first-order valence-corrected chi connectivity index (χ1v) is 11.4. The van der Waals surface area contributed by atoms with Gasteiger partial charge in [-0.1, -0.05) is 23.2 Å².